The molecular formula is C17H12BrClO. The molecule has 3 aromatic carbocycles. The van der Waals surface area contributed by atoms with Gasteiger partial charge in [0.05, 0.1) is 0 Å². The first-order valence-electron chi connectivity index (χ1n) is 6.28. The number of fused-ring (bicyclic) bond motifs is 1. The quantitative estimate of drug-likeness (QED) is 0.514. The third kappa shape index (κ3) is 2.67. The van der Waals surface area contributed by atoms with Crippen LogP contribution in [0.4, 0.5) is 0 Å². The fraction of sp³-hybridized carbons (Fsp3) is 0.0588. The van der Waals surface area contributed by atoms with Crippen molar-refractivity contribution in [1.82, 2.24) is 0 Å². The van der Waals surface area contributed by atoms with E-state index < -0.39 is 0 Å². The van der Waals surface area contributed by atoms with Gasteiger partial charge in [-0.25, -0.2) is 0 Å². The fourth-order valence-corrected chi connectivity index (χ4v) is 3.00. The first-order chi connectivity index (χ1) is 9.78. The maximum absolute atomic E-state index is 6.20. The lowest BCUT2D eigenvalue weighted by Crippen LogP contribution is -1.87. The Hall–Kier alpha value is -1.51. The summed E-state index contributed by atoms with van der Waals surface area (Å²) in [4.78, 5) is 0. The monoisotopic (exact) mass is 346 g/mol. The molecule has 3 aromatic rings. The summed E-state index contributed by atoms with van der Waals surface area (Å²) in [5.41, 5.74) is 1.05. The minimum absolute atomic E-state index is 0.708. The molecule has 3 rings (SSSR count). The van der Waals surface area contributed by atoms with Crippen molar-refractivity contribution in [3.63, 3.8) is 0 Å². The van der Waals surface area contributed by atoms with Crippen molar-refractivity contribution in [2.24, 2.45) is 0 Å². The minimum Gasteiger partial charge on any atom is -0.457 e. The van der Waals surface area contributed by atoms with E-state index >= 15 is 0 Å². The maximum atomic E-state index is 6.20. The van der Waals surface area contributed by atoms with E-state index in [1.165, 1.54) is 0 Å². The zero-order valence-electron chi connectivity index (χ0n) is 10.6. The zero-order valence-corrected chi connectivity index (χ0v) is 13.0. The van der Waals surface area contributed by atoms with Gasteiger partial charge in [-0.3, -0.25) is 0 Å². The second kappa shape index (κ2) is 5.86. The normalized spacial score (nSPS) is 10.7. The number of benzene rings is 3. The summed E-state index contributed by atoms with van der Waals surface area (Å²) < 4.78 is 5.97. The molecule has 0 aliphatic carbocycles. The van der Waals surface area contributed by atoms with E-state index in [0.717, 1.165) is 33.2 Å². The summed E-state index contributed by atoms with van der Waals surface area (Å²) in [6.07, 6.45) is 0. The maximum Gasteiger partial charge on any atom is 0.135 e. The molecule has 0 spiro atoms. The van der Waals surface area contributed by atoms with Crippen LogP contribution in [-0.2, 0) is 5.33 Å². The lowest BCUT2D eigenvalue weighted by molar-refractivity contribution is 0.488. The van der Waals surface area contributed by atoms with E-state index in [2.05, 4.69) is 34.1 Å². The number of hydrogen-bond acceptors (Lipinski definition) is 1. The highest BCUT2D eigenvalue weighted by Gasteiger charge is 2.05. The van der Waals surface area contributed by atoms with Crippen LogP contribution in [0.5, 0.6) is 11.5 Å². The van der Waals surface area contributed by atoms with Crippen LogP contribution >= 0.6 is 27.5 Å². The van der Waals surface area contributed by atoms with Crippen molar-refractivity contribution in [3.8, 4) is 11.5 Å². The average molecular weight is 348 g/mol. The Morgan fingerprint density at radius 1 is 0.950 bits per heavy atom. The topological polar surface area (TPSA) is 9.23 Å². The Bertz CT molecular complexity index is 750. The highest BCUT2D eigenvalue weighted by atomic mass is 79.9. The third-order valence-corrected chi connectivity index (χ3v) is 4.10. The van der Waals surface area contributed by atoms with Gasteiger partial charge in [0.15, 0.2) is 0 Å². The van der Waals surface area contributed by atoms with Gasteiger partial charge in [-0.05, 0) is 29.1 Å². The van der Waals surface area contributed by atoms with Gasteiger partial charge in [0.1, 0.15) is 11.5 Å². The van der Waals surface area contributed by atoms with E-state index in [1.807, 2.05) is 42.5 Å². The SMILES string of the molecule is Clc1cc(Oc2cccc3ccccc23)ccc1CBr. The lowest BCUT2D eigenvalue weighted by Gasteiger charge is -2.10. The molecule has 0 N–H and O–H groups in total. The summed E-state index contributed by atoms with van der Waals surface area (Å²) in [6, 6.07) is 19.9. The van der Waals surface area contributed by atoms with Crippen LogP contribution in [0.25, 0.3) is 10.8 Å². The largest absolute Gasteiger partial charge is 0.457 e. The molecule has 0 atom stereocenters. The van der Waals surface area contributed by atoms with Gasteiger partial charge in [-0.1, -0.05) is 70.0 Å². The molecule has 0 radical (unpaired) electrons. The standard InChI is InChI=1S/C17H12BrClO/c18-11-13-8-9-14(10-16(13)19)20-17-7-3-5-12-4-1-2-6-15(12)17/h1-10H,11H2. The van der Waals surface area contributed by atoms with Gasteiger partial charge < -0.3 is 4.74 Å². The summed E-state index contributed by atoms with van der Waals surface area (Å²) in [6.45, 7) is 0. The Balaban J connectivity index is 1.99. The van der Waals surface area contributed by atoms with E-state index in [-0.39, 0.29) is 0 Å². The number of ether oxygens (including phenoxy) is 1. The molecule has 0 bridgehead atoms. The second-order valence-electron chi connectivity index (χ2n) is 4.47. The second-order valence-corrected chi connectivity index (χ2v) is 5.43. The van der Waals surface area contributed by atoms with Gasteiger partial charge in [-0.15, -0.1) is 0 Å². The predicted molar refractivity (Wildman–Crippen MR) is 88.1 cm³/mol. The number of halogens is 2. The van der Waals surface area contributed by atoms with Gasteiger partial charge >= 0.3 is 0 Å². The summed E-state index contributed by atoms with van der Waals surface area (Å²) >= 11 is 9.61. The summed E-state index contributed by atoms with van der Waals surface area (Å²) in [5, 5.41) is 3.70. The summed E-state index contributed by atoms with van der Waals surface area (Å²) in [5.74, 6) is 1.59. The van der Waals surface area contributed by atoms with E-state index in [1.54, 1.807) is 0 Å². The van der Waals surface area contributed by atoms with Crippen molar-refractivity contribution in [3.05, 3.63) is 71.2 Å². The van der Waals surface area contributed by atoms with Crippen molar-refractivity contribution < 1.29 is 4.74 Å². The van der Waals surface area contributed by atoms with Gasteiger partial charge in [0.25, 0.3) is 0 Å². The smallest absolute Gasteiger partial charge is 0.135 e. The number of rotatable bonds is 3. The molecule has 0 heterocycles. The van der Waals surface area contributed by atoms with Crippen LogP contribution in [-0.4, -0.2) is 0 Å². The Labute approximate surface area is 131 Å². The van der Waals surface area contributed by atoms with Crippen LogP contribution in [0.2, 0.25) is 5.02 Å². The molecule has 0 saturated carbocycles. The van der Waals surface area contributed by atoms with Crippen molar-refractivity contribution in [2.75, 3.05) is 0 Å². The number of hydrogen-bond donors (Lipinski definition) is 0. The Morgan fingerprint density at radius 2 is 1.75 bits per heavy atom. The zero-order chi connectivity index (χ0) is 13.9. The highest BCUT2D eigenvalue weighted by molar-refractivity contribution is 9.08. The molecule has 0 unspecified atom stereocenters. The molecular weight excluding hydrogens is 336 g/mol. The van der Waals surface area contributed by atoms with Crippen LogP contribution in [0.3, 0.4) is 0 Å². The third-order valence-electron chi connectivity index (χ3n) is 3.15. The average Bonchev–Trinajstić information content (AvgIpc) is 2.48. The van der Waals surface area contributed by atoms with Crippen molar-refractivity contribution >= 4 is 38.3 Å². The molecule has 0 amide bonds. The first-order valence-corrected chi connectivity index (χ1v) is 7.78. The van der Waals surface area contributed by atoms with E-state index in [4.69, 9.17) is 16.3 Å². The Morgan fingerprint density at radius 3 is 2.55 bits per heavy atom. The molecule has 0 aliphatic heterocycles. The fourth-order valence-electron chi connectivity index (χ4n) is 2.11. The molecule has 0 saturated heterocycles. The molecule has 100 valence electrons. The van der Waals surface area contributed by atoms with E-state index in [0.29, 0.717) is 5.02 Å². The highest BCUT2D eigenvalue weighted by Crippen LogP contribution is 2.32. The minimum atomic E-state index is 0.708. The van der Waals surface area contributed by atoms with Gasteiger partial charge in [0.2, 0.25) is 0 Å². The van der Waals surface area contributed by atoms with Gasteiger partial charge in [0, 0.05) is 15.7 Å². The van der Waals surface area contributed by atoms with Crippen LogP contribution in [0.15, 0.2) is 60.7 Å². The van der Waals surface area contributed by atoms with E-state index in [9.17, 15) is 0 Å². The molecule has 3 heteroatoms. The predicted octanol–water partition coefficient (Wildman–Crippen LogP) is 6.18. The van der Waals surface area contributed by atoms with Crippen LogP contribution in [0, 0.1) is 0 Å². The van der Waals surface area contributed by atoms with Crippen molar-refractivity contribution in [1.29, 1.82) is 0 Å². The Kier molecular flexibility index (Phi) is 3.95. The molecule has 0 aliphatic rings. The number of alkyl halides is 1. The first kappa shape index (κ1) is 13.5. The summed E-state index contributed by atoms with van der Waals surface area (Å²) in [7, 11) is 0. The van der Waals surface area contributed by atoms with Crippen LogP contribution in [0.1, 0.15) is 5.56 Å². The van der Waals surface area contributed by atoms with Crippen molar-refractivity contribution in [2.45, 2.75) is 5.33 Å². The lowest BCUT2D eigenvalue weighted by atomic mass is 10.1. The molecule has 0 fully saturated rings. The van der Waals surface area contributed by atoms with Gasteiger partial charge in [-0.2, -0.15) is 0 Å². The molecule has 20 heavy (non-hydrogen) atoms. The van der Waals surface area contributed by atoms with Crippen LogP contribution < -0.4 is 4.74 Å². The molecule has 0 aromatic heterocycles. The molecule has 1 nitrogen and oxygen atoms in total.